The highest BCUT2D eigenvalue weighted by Crippen LogP contribution is 2.25. The van der Waals surface area contributed by atoms with Crippen LogP contribution in [0.5, 0.6) is 17.2 Å². The van der Waals surface area contributed by atoms with E-state index in [9.17, 15) is 5.11 Å². The number of ether oxygens (including phenoxy) is 2. The molecule has 0 saturated heterocycles. The van der Waals surface area contributed by atoms with E-state index < -0.39 is 0 Å². The van der Waals surface area contributed by atoms with E-state index in [4.69, 9.17) is 21.1 Å². The summed E-state index contributed by atoms with van der Waals surface area (Å²) < 4.78 is 10.6. The van der Waals surface area contributed by atoms with Crippen molar-refractivity contribution < 1.29 is 14.6 Å². The molecule has 0 aliphatic heterocycles. The van der Waals surface area contributed by atoms with Crippen molar-refractivity contribution in [2.75, 3.05) is 19.5 Å². The normalized spacial score (nSPS) is 10.8. The molecule has 0 fully saturated rings. The van der Waals surface area contributed by atoms with Crippen molar-refractivity contribution >= 4 is 29.4 Å². The average molecular weight is 396 g/mol. The van der Waals surface area contributed by atoms with Gasteiger partial charge < -0.3 is 19.9 Å². The summed E-state index contributed by atoms with van der Waals surface area (Å²) >= 11 is 5.98. The maximum atomic E-state index is 9.88. The zero-order chi connectivity index (χ0) is 19.9. The summed E-state index contributed by atoms with van der Waals surface area (Å²) in [7, 11) is 3.27. The van der Waals surface area contributed by atoms with Gasteiger partial charge in [0.15, 0.2) is 0 Å². The molecule has 0 bridgehead atoms. The van der Waals surface area contributed by atoms with E-state index in [1.54, 1.807) is 32.4 Å². The molecule has 0 radical (unpaired) electrons. The zero-order valence-corrected chi connectivity index (χ0v) is 16.5. The van der Waals surface area contributed by atoms with Crippen molar-refractivity contribution in [1.29, 1.82) is 0 Å². The van der Waals surface area contributed by atoms with Crippen molar-refractivity contribution in [3.63, 3.8) is 0 Å². The van der Waals surface area contributed by atoms with Crippen molar-refractivity contribution in [2.24, 2.45) is 0 Å². The largest absolute Gasteiger partial charge is 0.508 e. The van der Waals surface area contributed by atoms with E-state index in [1.807, 2.05) is 54.6 Å². The summed E-state index contributed by atoms with van der Waals surface area (Å²) in [5.41, 5.74) is 3.77. The number of anilines is 1. The summed E-state index contributed by atoms with van der Waals surface area (Å²) in [5, 5.41) is 13.8. The molecule has 144 valence electrons. The first-order valence-corrected chi connectivity index (χ1v) is 9.17. The number of phenols is 1. The van der Waals surface area contributed by atoms with E-state index in [0.29, 0.717) is 11.6 Å². The molecule has 0 amide bonds. The van der Waals surface area contributed by atoms with Crippen LogP contribution in [0.1, 0.15) is 16.7 Å². The van der Waals surface area contributed by atoms with Gasteiger partial charge in [-0.2, -0.15) is 0 Å². The van der Waals surface area contributed by atoms with Crippen LogP contribution in [0.3, 0.4) is 0 Å². The summed E-state index contributed by atoms with van der Waals surface area (Å²) in [6.45, 7) is 0.491. The number of benzene rings is 3. The Kier molecular flexibility index (Phi) is 6.45. The lowest BCUT2D eigenvalue weighted by atomic mass is 10.1. The summed E-state index contributed by atoms with van der Waals surface area (Å²) in [4.78, 5) is 0. The molecule has 2 N–H and O–H groups in total. The summed E-state index contributed by atoms with van der Waals surface area (Å²) in [6, 6.07) is 18.8. The van der Waals surface area contributed by atoms with Crippen LogP contribution in [0.4, 0.5) is 5.69 Å². The SMILES string of the molecule is COc1cc(/C=C/c2ccc(NCc3cc(Cl)ccc3O)cc2)cc(OC)c1. The summed E-state index contributed by atoms with van der Waals surface area (Å²) in [6.07, 6.45) is 4.04. The molecule has 0 heterocycles. The number of halogens is 1. The van der Waals surface area contributed by atoms with Gasteiger partial charge in [0.2, 0.25) is 0 Å². The van der Waals surface area contributed by atoms with E-state index in [-0.39, 0.29) is 5.75 Å². The Morgan fingerprint density at radius 2 is 1.50 bits per heavy atom. The van der Waals surface area contributed by atoms with E-state index in [2.05, 4.69) is 5.32 Å². The second kappa shape index (κ2) is 9.20. The monoisotopic (exact) mass is 395 g/mol. The van der Waals surface area contributed by atoms with Gasteiger partial charge in [-0.15, -0.1) is 0 Å². The number of methoxy groups -OCH3 is 2. The summed E-state index contributed by atoms with van der Waals surface area (Å²) in [5.74, 6) is 1.73. The standard InChI is InChI=1S/C23H22ClNO3/c1-27-21-11-17(12-22(14-21)28-2)4-3-16-5-8-20(9-6-16)25-15-18-13-19(24)7-10-23(18)26/h3-14,25-26H,15H2,1-2H3/b4-3+. The van der Waals surface area contributed by atoms with E-state index >= 15 is 0 Å². The highest BCUT2D eigenvalue weighted by atomic mass is 35.5. The highest BCUT2D eigenvalue weighted by molar-refractivity contribution is 6.30. The minimum absolute atomic E-state index is 0.227. The Balaban J connectivity index is 1.66. The van der Waals surface area contributed by atoms with Crippen molar-refractivity contribution in [1.82, 2.24) is 0 Å². The van der Waals surface area contributed by atoms with Crippen LogP contribution in [-0.2, 0) is 6.54 Å². The van der Waals surface area contributed by atoms with Gasteiger partial charge >= 0.3 is 0 Å². The molecule has 28 heavy (non-hydrogen) atoms. The predicted molar refractivity (Wildman–Crippen MR) is 115 cm³/mol. The van der Waals surface area contributed by atoms with Gasteiger partial charge in [-0.25, -0.2) is 0 Å². The first-order valence-electron chi connectivity index (χ1n) is 8.80. The Morgan fingerprint density at radius 3 is 2.14 bits per heavy atom. The fraction of sp³-hybridized carbons (Fsp3) is 0.130. The smallest absolute Gasteiger partial charge is 0.123 e. The molecule has 3 rings (SSSR count). The first kappa shape index (κ1) is 19.6. The quantitative estimate of drug-likeness (QED) is 0.493. The van der Waals surface area contributed by atoms with Crippen LogP contribution < -0.4 is 14.8 Å². The molecule has 0 spiro atoms. The van der Waals surface area contributed by atoms with Crippen LogP contribution in [-0.4, -0.2) is 19.3 Å². The molecular formula is C23H22ClNO3. The molecule has 4 nitrogen and oxygen atoms in total. The van der Waals surface area contributed by atoms with Gasteiger partial charge in [-0.05, 0) is 53.6 Å². The third-order valence-corrected chi connectivity index (χ3v) is 4.51. The number of rotatable bonds is 7. The third kappa shape index (κ3) is 5.21. The van der Waals surface area contributed by atoms with Gasteiger partial charge in [0.1, 0.15) is 17.2 Å². The molecule has 0 aromatic heterocycles. The fourth-order valence-corrected chi connectivity index (χ4v) is 2.92. The highest BCUT2D eigenvalue weighted by Gasteiger charge is 2.02. The number of phenolic OH excluding ortho intramolecular Hbond substituents is 1. The molecule has 0 atom stereocenters. The zero-order valence-electron chi connectivity index (χ0n) is 15.8. The second-order valence-corrected chi connectivity index (χ2v) is 6.66. The minimum atomic E-state index is 0.227. The molecular weight excluding hydrogens is 374 g/mol. The Hall–Kier alpha value is -3.11. The predicted octanol–water partition coefficient (Wildman–Crippen LogP) is 5.85. The van der Waals surface area contributed by atoms with Gasteiger partial charge in [-0.1, -0.05) is 35.9 Å². The van der Waals surface area contributed by atoms with Crippen LogP contribution in [0, 0.1) is 0 Å². The van der Waals surface area contributed by atoms with Crippen LogP contribution in [0.15, 0.2) is 60.7 Å². The lowest BCUT2D eigenvalue weighted by Crippen LogP contribution is -1.99. The molecule has 0 saturated carbocycles. The minimum Gasteiger partial charge on any atom is -0.508 e. The van der Waals surface area contributed by atoms with Crippen molar-refractivity contribution in [3.05, 3.63) is 82.4 Å². The lowest BCUT2D eigenvalue weighted by molar-refractivity contribution is 0.394. The maximum absolute atomic E-state index is 9.88. The van der Waals surface area contributed by atoms with Crippen LogP contribution >= 0.6 is 11.6 Å². The Morgan fingerprint density at radius 1 is 0.857 bits per heavy atom. The Labute approximate surface area is 170 Å². The van der Waals surface area contributed by atoms with Crippen molar-refractivity contribution in [2.45, 2.75) is 6.54 Å². The number of aromatic hydroxyl groups is 1. The molecule has 3 aromatic rings. The Bertz CT molecular complexity index is 946. The number of hydrogen-bond donors (Lipinski definition) is 2. The third-order valence-electron chi connectivity index (χ3n) is 4.28. The topological polar surface area (TPSA) is 50.7 Å². The molecule has 0 aliphatic rings. The number of nitrogens with one attached hydrogen (secondary N) is 1. The van der Waals surface area contributed by atoms with Gasteiger partial charge in [-0.3, -0.25) is 0 Å². The first-order chi connectivity index (χ1) is 13.6. The van der Waals surface area contributed by atoms with Crippen LogP contribution in [0.25, 0.3) is 12.2 Å². The molecule has 5 heteroatoms. The number of hydrogen-bond acceptors (Lipinski definition) is 4. The van der Waals surface area contributed by atoms with E-state index in [0.717, 1.165) is 33.9 Å². The fourth-order valence-electron chi connectivity index (χ4n) is 2.72. The molecule has 3 aromatic carbocycles. The van der Waals surface area contributed by atoms with Gasteiger partial charge in [0, 0.05) is 28.9 Å². The maximum Gasteiger partial charge on any atom is 0.123 e. The molecule has 0 aliphatic carbocycles. The lowest BCUT2D eigenvalue weighted by Gasteiger charge is -2.09. The van der Waals surface area contributed by atoms with E-state index in [1.165, 1.54) is 0 Å². The average Bonchev–Trinajstić information content (AvgIpc) is 2.73. The second-order valence-electron chi connectivity index (χ2n) is 6.23. The molecule has 0 unspecified atom stereocenters. The van der Waals surface area contributed by atoms with Crippen LogP contribution in [0.2, 0.25) is 5.02 Å². The van der Waals surface area contributed by atoms with Gasteiger partial charge in [0.25, 0.3) is 0 Å². The van der Waals surface area contributed by atoms with Gasteiger partial charge in [0.05, 0.1) is 14.2 Å². The van der Waals surface area contributed by atoms with Crippen molar-refractivity contribution in [3.8, 4) is 17.2 Å².